The van der Waals surface area contributed by atoms with Crippen LogP contribution in [0.25, 0.3) is 0 Å². The lowest BCUT2D eigenvalue weighted by Gasteiger charge is -2.25. The molecular weight excluding hydrogens is 370 g/mol. The Bertz CT molecular complexity index is 711. The van der Waals surface area contributed by atoms with E-state index in [0.29, 0.717) is 0 Å². The van der Waals surface area contributed by atoms with Gasteiger partial charge in [0.25, 0.3) is 0 Å². The van der Waals surface area contributed by atoms with Crippen molar-refractivity contribution in [3.63, 3.8) is 0 Å². The van der Waals surface area contributed by atoms with Gasteiger partial charge in [-0.15, -0.1) is 0 Å². The Labute approximate surface area is 174 Å². The van der Waals surface area contributed by atoms with E-state index in [-0.39, 0.29) is 0 Å². The third-order valence-electron chi connectivity index (χ3n) is 5.11. The summed E-state index contributed by atoms with van der Waals surface area (Å²) in [6, 6.07) is 6.08. The number of hydrogen-bond donors (Lipinski definition) is 3. The van der Waals surface area contributed by atoms with Crippen LogP contribution in [0.2, 0.25) is 5.02 Å². The summed E-state index contributed by atoms with van der Waals surface area (Å²) in [5.41, 5.74) is 11.2. The summed E-state index contributed by atoms with van der Waals surface area (Å²) in [6.07, 6.45) is 5.76. The lowest BCUT2D eigenvalue weighted by atomic mass is 9.94. The summed E-state index contributed by atoms with van der Waals surface area (Å²) in [5, 5.41) is 7.73. The SMILES string of the molecule is C=C(NCCNCCN(CC)c1ccc(Cl)cc1C)C1=C(N=CN)CCCC1. The molecule has 2 rings (SSSR count). The Morgan fingerprint density at radius 3 is 2.79 bits per heavy atom. The minimum absolute atomic E-state index is 0.787. The molecule has 0 saturated heterocycles. The average molecular weight is 404 g/mol. The average Bonchev–Trinajstić information content (AvgIpc) is 2.69. The zero-order valence-electron chi connectivity index (χ0n) is 17.2. The van der Waals surface area contributed by atoms with E-state index >= 15 is 0 Å². The zero-order valence-corrected chi connectivity index (χ0v) is 18.0. The van der Waals surface area contributed by atoms with Crippen LogP contribution in [0.15, 0.2) is 46.7 Å². The number of nitrogens with zero attached hydrogens (tertiary/aromatic N) is 2. The molecular formula is C22H34ClN5. The molecule has 1 aliphatic carbocycles. The van der Waals surface area contributed by atoms with Gasteiger partial charge in [0.1, 0.15) is 0 Å². The van der Waals surface area contributed by atoms with Crippen LogP contribution in [0.3, 0.4) is 0 Å². The molecule has 0 bridgehead atoms. The first-order valence-electron chi connectivity index (χ1n) is 10.2. The molecule has 0 aromatic heterocycles. The largest absolute Gasteiger partial charge is 0.390 e. The number of allylic oxidation sites excluding steroid dienone is 2. The molecule has 0 atom stereocenters. The normalized spacial score (nSPS) is 14.5. The fourth-order valence-electron chi connectivity index (χ4n) is 3.62. The number of aliphatic imine (C=N–C) groups is 1. The van der Waals surface area contributed by atoms with Crippen LogP contribution in [0.5, 0.6) is 0 Å². The standard InChI is InChI=1S/C22H34ClN5/c1-4-28(22-10-9-19(23)15-17(22)2)14-13-25-11-12-26-18(3)20-7-5-6-8-21(20)27-16-24/h9-10,15-16,25-26H,3-8,11-14H2,1-2H3,(H2,24,27). The molecule has 0 fully saturated rings. The summed E-state index contributed by atoms with van der Waals surface area (Å²) in [6.45, 7) is 13.1. The number of anilines is 1. The smallest absolute Gasteiger partial charge is 0.0856 e. The molecule has 154 valence electrons. The summed E-state index contributed by atoms with van der Waals surface area (Å²) in [4.78, 5) is 6.69. The number of nitrogens with two attached hydrogens (primary N) is 1. The van der Waals surface area contributed by atoms with Crippen LogP contribution in [-0.4, -0.2) is 39.1 Å². The number of halogens is 1. The van der Waals surface area contributed by atoms with Gasteiger partial charge in [0.2, 0.25) is 0 Å². The molecule has 6 heteroatoms. The second kappa shape index (κ2) is 11.8. The van der Waals surface area contributed by atoms with Gasteiger partial charge in [-0.3, -0.25) is 0 Å². The Hall–Kier alpha value is -1.98. The number of hydrogen-bond acceptors (Lipinski definition) is 4. The van der Waals surface area contributed by atoms with Crippen LogP contribution in [-0.2, 0) is 0 Å². The monoisotopic (exact) mass is 403 g/mol. The predicted octanol–water partition coefficient (Wildman–Crippen LogP) is 3.98. The van der Waals surface area contributed by atoms with Gasteiger partial charge in [0, 0.05) is 54.8 Å². The fourth-order valence-corrected chi connectivity index (χ4v) is 3.84. The van der Waals surface area contributed by atoms with E-state index in [0.717, 1.165) is 62.0 Å². The van der Waals surface area contributed by atoms with Gasteiger partial charge in [-0.2, -0.15) is 0 Å². The van der Waals surface area contributed by atoms with E-state index in [1.165, 1.54) is 36.0 Å². The van der Waals surface area contributed by atoms with Gasteiger partial charge in [0.15, 0.2) is 0 Å². The summed E-state index contributed by atoms with van der Waals surface area (Å²) < 4.78 is 0. The van der Waals surface area contributed by atoms with E-state index < -0.39 is 0 Å². The number of nitrogens with one attached hydrogen (secondary N) is 2. The maximum atomic E-state index is 6.07. The lowest BCUT2D eigenvalue weighted by Crippen LogP contribution is -2.35. The first kappa shape index (κ1) is 22.3. The molecule has 0 radical (unpaired) electrons. The molecule has 4 N–H and O–H groups in total. The molecule has 0 aliphatic heterocycles. The Morgan fingerprint density at radius 1 is 1.29 bits per heavy atom. The lowest BCUT2D eigenvalue weighted by molar-refractivity contribution is 0.625. The number of aryl methyl sites for hydroxylation is 1. The highest BCUT2D eigenvalue weighted by Gasteiger charge is 2.14. The van der Waals surface area contributed by atoms with E-state index in [1.54, 1.807) is 0 Å². The van der Waals surface area contributed by atoms with Gasteiger partial charge in [0.05, 0.1) is 6.34 Å². The van der Waals surface area contributed by atoms with Crippen molar-refractivity contribution in [1.82, 2.24) is 10.6 Å². The molecule has 5 nitrogen and oxygen atoms in total. The van der Waals surface area contributed by atoms with Crippen molar-refractivity contribution >= 4 is 23.6 Å². The zero-order chi connectivity index (χ0) is 20.4. The second-order valence-corrected chi connectivity index (χ2v) is 7.51. The minimum Gasteiger partial charge on any atom is -0.390 e. The van der Waals surface area contributed by atoms with E-state index in [2.05, 4.69) is 47.0 Å². The predicted molar refractivity (Wildman–Crippen MR) is 122 cm³/mol. The maximum Gasteiger partial charge on any atom is 0.0856 e. The molecule has 0 amide bonds. The van der Waals surface area contributed by atoms with E-state index in [4.69, 9.17) is 17.3 Å². The molecule has 0 unspecified atom stereocenters. The van der Waals surface area contributed by atoms with Crippen molar-refractivity contribution in [2.75, 3.05) is 37.6 Å². The van der Waals surface area contributed by atoms with Crippen molar-refractivity contribution in [3.8, 4) is 0 Å². The van der Waals surface area contributed by atoms with Gasteiger partial charge in [-0.25, -0.2) is 4.99 Å². The van der Waals surface area contributed by atoms with Crippen LogP contribution >= 0.6 is 11.6 Å². The summed E-state index contributed by atoms with van der Waals surface area (Å²) in [7, 11) is 0. The summed E-state index contributed by atoms with van der Waals surface area (Å²) >= 11 is 6.07. The van der Waals surface area contributed by atoms with Crippen LogP contribution < -0.4 is 21.3 Å². The van der Waals surface area contributed by atoms with Crippen LogP contribution in [0.1, 0.15) is 38.2 Å². The molecule has 1 aromatic carbocycles. The molecule has 0 saturated carbocycles. The maximum absolute atomic E-state index is 6.07. The summed E-state index contributed by atoms with van der Waals surface area (Å²) in [5.74, 6) is 0. The molecule has 0 heterocycles. The van der Waals surface area contributed by atoms with Gasteiger partial charge in [-0.1, -0.05) is 18.2 Å². The van der Waals surface area contributed by atoms with E-state index in [9.17, 15) is 0 Å². The van der Waals surface area contributed by atoms with Crippen molar-refractivity contribution in [2.24, 2.45) is 10.7 Å². The number of likely N-dealkylation sites (N-methyl/N-ethyl adjacent to an activating group) is 1. The van der Waals surface area contributed by atoms with Crippen LogP contribution in [0, 0.1) is 6.92 Å². The second-order valence-electron chi connectivity index (χ2n) is 7.08. The van der Waals surface area contributed by atoms with Crippen molar-refractivity contribution < 1.29 is 0 Å². The minimum atomic E-state index is 0.787. The number of benzene rings is 1. The van der Waals surface area contributed by atoms with Crippen molar-refractivity contribution in [1.29, 1.82) is 0 Å². The highest BCUT2D eigenvalue weighted by molar-refractivity contribution is 6.30. The van der Waals surface area contributed by atoms with Gasteiger partial charge in [-0.05, 0) is 68.9 Å². The molecule has 0 spiro atoms. The van der Waals surface area contributed by atoms with Crippen molar-refractivity contribution in [2.45, 2.75) is 39.5 Å². The van der Waals surface area contributed by atoms with Crippen LogP contribution in [0.4, 0.5) is 5.69 Å². The highest BCUT2D eigenvalue weighted by atomic mass is 35.5. The quantitative estimate of drug-likeness (QED) is 0.297. The molecule has 1 aliphatic rings. The first-order valence-corrected chi connectivity index (χ1v) is 10.6. The van der Waals surface area contributed by atoms with E-state index in [1.807, 2.05) is 12.1 Å². The first-order chi connectivity index (χ1) is 13.6. The molecule has 28 heavy (non-hydrogen) atoms. The van der Waals surface area contributed by atoms with Crippen molar-refractivity contribution in [3.05, 3.63) is 52.3 Å². The number of rotatable bonds is 11. The Morgan fingerprint density at radius 2 is 2.07 bits per heavy atom. The Balaban J connectivity index is 1.73. The third-order valence-corrected chi connectivity index (χ3v) is 5.35. The topological polar surface area (TPSA) is 65.7 Å². The fraction of sp³-hybridized carbons (Fsp3) is 0.500. The Kier molecular flexibility index (Phi) is 9.38. The van der Waals surface area contributed by atoms with Gasteiger partial charge >= 0.3 is 0 Å². The third kappa shape index (κ3) is 6.57. The highest BCUT2D eigenvalue weighted by Crippen LogP contribution is 2.28. The van der Waals surface area contributed by atoms with Gasteiger partial charge < -0.3 is 21.3 Å². The molecule has 1 aromatic rings.